The highest BCUT2D eigenvalue weighted by Crippen LogP contribution is 2.36. The Morgan fingerprint density at radius 3 is 2.31 bits per heavy atom. The van der Waals surface area contributed by atoms with E-state index in [0.29, 0.717) is 16.7 Å². The molecule has 1 aromatic heterocycles. The van der Waals surface area contributed by atoms with E-state index in [9.17, 15) is 18.0 Å². The molecule has 0 atom stereocenters. The number of alkyl halides is 3. The van der Waals surface area contributed by atoms with Gasteiger partial charge in [0, 0.05) is 32.9 Å². The summed E-state index contributed by atoms with van der Waals surface area (Å²) < 4.78 is 47.3. The molecule has 0 aliphatic carbocycles. The number of ether oxygens (including phenoxy) is 1. The van der Waals surface area contributed by atoms with Crippen molar-refractivity contribution in [1.82, 2.24) is 14.7 Å². The maximum absolute atomic E-state index is 13.4. The smallest absolute Gasteiger partial charge is 0.416 e. The molecule has 3 rings (SSSR count). The minimum absolute atomic E-state index is 0.0908. The van der Waals surface area contributed by atoms with Crippen LogP contribution in [-0.4, -0.2) is 34.7 Å². The first-order valence-electron chi connectivity index (χ1n) is 8.79. The summed E-state index contributed by atoms with van der Waals surface area (Å²) in [6.07, 6.45) is -2.92. The predicted molar refractivity (Wildman–Crippen MR) is 102 cm³/mol. The maximum atomic E-state index is 13.4. The second-order valence-corrected chi connectivity index (χ2v) is 6.76. The minimum Gasteiger partial charge on any atom is -0.487 e. The first-order chi connectivity index (χ1) is 13.6. The van der Waals surface area contributed by atoms with Crippen molar-refractivity contribution in [1.29, 1.82) is 0 Å². The summed E-state index contributed by atoms with van der Waals surface area (Å²) in [7, 11) is 5.00. The molecule has 3 aromatic rings. The van der Waals surface area contributed by atoms with Crippen molar-refractivity contribution >= 4 is 5.91 Å². The van der Waals surface area contributed by atoms with Gasteiger partial charge in [-0.15, -0.1) is 0 Å². The lowest BCUT2D eigenvalue weighted by Gasteiger charge is -2.14. The van der Waals surface area contributed by atoms with E-state index in [1.807, 2.05) is 0 Å². The molecule has 5 nitrogen and oxygen atoms in total. The first-order valence-corrected chi connectivity index (χ1v) is 8.79. The summed E-state index contributed by atoms with van der Waals surface area (Å²) in [5.41, 5.74) is 1.29. The summed E-state index contributed by atoms with van der Waals surface area (Å²) in [6, 6.07) is 11.8. The van der Waals surface area contributed by atoms with Gasteiger partial charge in [-0.25, -0.2) is 0 Å². The van der Waals surface area contributed by atoms with E-state index < -0.39 is 11.7 Å². The second-order valence-electron chi connectivity index (χ2n) is 6.76. The molecule has 8 heteroatoms. The standard InChI is InChI=1S/C21H20F3N3O2/c1-26(2)20(28)15-6-4-14(5-7-15)16-10-17(21(22,23)24)12-19(11-16)29-13-18-8-9-25-27(18)3/h4-12H,13H2,1-3H3. The molecule has 0 N–H and O–H groups in total. The highest BCUT2D eigenvalue weighted by atomic mass is 19.4. The lowest BCUT2D eigenvalue weighted by Crippen LogP contribution is -2.21. The van der Waals surface area contributed by atoms with Crippen LogP contribution in [0.1, 0.15) is 21.6 Å². The van der Waals surface area contributed by atoms with Crippen molar-refractivity contribution in [3.8, 4) is 16.9 Å². The van der Waals surface area contributed by atoms with Crippen molar-refractivity contribution in [2.45, 2.75) is 12.8 Å². The lowest BCUT2D eigenvalue weighted by molar-refractivity contribution is -0.137. The molecule has 29 heavy (non-hydrogen) atoms. The average Bonchev–Trinajstić information content (AvgIpc) is 3.09. The van der Waals surface area contributed by atoms with E-state index >= 15 is 0 Å². The molecule has 0 aliphatic rings. The number of aromatic nitrogens is 2. The Morgan fingerprint density at radius 1 is 1.07 bits per heavy atom. The van der Waals surface area contributed by atoms with Crippen LogP contribution in [0.4, 0.5) is 13.2 Å². The Balaban J connectivity index is 1.93. The summed E-state index contributed by atoms with van der Waals surface area (Å²) >= 11 is 0. The summed E-state index contributed by atoms with van der Waals surface area (Å²) in [6.45, 7) is 0.0908. The molecular formula is C21H20F3N3O2. The summed E-state index contributed by atoms with van der Waals surface area (Å²) in [5.74, 6) is -0.0785. The van der Waals surface area contributed by atoms with Crippen molar-refractivity contribution < 1.29 is 22.7 Å². The number of carbonyl (C=O) groups is 1. The van der Waals surface area contributed by atoms with Gasteiger partial charge in [-0.1, -0.05) is 12.1 Å². The van der Waals surface area contributed by atoms with Gasteiger partial charge in [0.05, 0.1) is 11.3 Å². The van der Waals surface area contributed by atoms with Gasteiger partial charge in [-0.05, 0) is 47.5 Å². The number of hydrogen-bond acceptors (Lipinski definition) is 3. The van der Waals surface area contributed by atoms with Gasteiger partial charge in [-0.2, -0.15) is 18.3 Å². The second kappa shape index (κ2) is 7.98. The number of halogens is 3. The molecule has 0 fully saturated rings. The van der Waals surface area contributed by atoms with Crippen molar-refractivity contribution in [2.24, 2.45) is 7.05 Å². The van der Waals surface area contributed by atoms with Crippen molar-refractivity contribution in [3.63, 3.8) is 0 Å². The number of aryl methyl sites for hydroxylation is 1. The average molecular weight is 403 g/mol. The molecule has 0 aliphatic heterocycles. The fourth-order valence-corrected chi connectivity index (χ4v) is 2.78. The van der Waals surface area contributed by atoms with Gasteiger partial charge in [-0.3, -0.25) is 9.48 Å². The minimum atomic E-state index is -4.51. The zero-order chi connectivity index (χ0) is 21.2. The largest absolute Gasteiger partial charge is 0.487 e. The van der Waals surface area contributed by atoms with E-state index in [2.05, 4.69) is 5.10 Å². The molecule has 0 radical (unpaired) electrons. The fourth-order valence-electron chi connectivity index (χ4n) is 2.78. The molecule has 1 heterocycles. The van der Waals surface area contributed by atoms with E-state index in [4.69, 9.17) is 4.74 Å². The molecule has 2 aromatic carbocycles. The fraction of sp³-hybridized carbons (Fsp3) is 0.238. The normalized spacial score (nSPS) is 11.4. The highest BCUT2D eigenvalue weighted by Gasteiger charge is 2.31. The molecule has 0 bridgehead atoms. The molecular weight excluding hydrogens is 383 g/mol. The zero-order valence-electron chi connectivity index (χ0n) is 16.2. The third-order valence-electron chi connectivity index (χ3n) is 4.41. The molecule has 0 unspecified atom stereocenters. The van der Waals surface area contributed by atoms with Gasteiger partial charge in [0.2, 0.25) is 0 Å². The van der Waals surface area contributed by atoms with Gasteiger partial charge in [0.15, 0.2) is 0 Å². The Morgan fingerprint density at radius 2 is 1.76 bits per heavy atom. The maximum Gasteiger partial charge on any atom is 0.416 e. The van der Waals surface area contributed by atoms with E-state index in [1.165, 1.54) is 4.90 Å². The van der Waals surface area contributed by atoms with Crippen LogP contribution in [-0.2, 0) is 19.8 Å². The molecule has 0 saturated carbocycles. The third kappa shape index (κ3) is 4.77. The van der Waals surface area contributed by atoms with Crippen LogP contribution in [0.25, 0.3) is 11.1 Å². The van der Waals surface area contributed by atoms with Crippen molar-refractivity contribution in [3.05, 3.63) is 71.5 Å². The van der Waals surface area contributed by atoms with Crippen LogP contribution in [0.2, 0.25) is 0 Å². The topological polar surface area (TPSA) is 47.4 Å². The molecule has 0 saturated heterocycles. The van der Waals surface area contributed by atoms with Crippen molar-refractivity contribution in [2.75, 3.05) is 14.1 Å². The quantitative estimate of drug-likeness (QED) is 0.635. The lowest BCUT2D eigenvalue weighted by atomic mass is 10.0. The molecule has 1 amide bonds. The Bertz CT molecular complexity index is 1010. The van der Waals surface area contributed by atoms with E-state index in [0.717, 1.165) is 17.8 Å². The third-order valence-corrected chi connectivity index (χ3v) is 4.41. The molecule has 152 valence electrons. The van der Waals surface area contributed by atoms with Crippen LogP contribution in [0.5, 0.6) is 5.75 Å². The number of carbonyl (C=O) groups excluding carboxylic acids is 1. The number of benzene rings is 2. The Labute approximate surface area is 166 Å². The Kier molecular flexibility index (Phi) is 5.63. The van der Waals surface area contributed by atoms with Gasteiger partial charge in [0.25, 0.3) is 5.91 Å². The van der Waals surface area contributed by atoms with E-state index in [-0.39, 0.29) is 18.3 Å². The predicted octanol–water partition coefficient (Wildman–Crippen LogP) is 4.39. The number of amides is 1. The highest BCUT2D eigenvalue weighted by molar-refractivity contribution is 5.94. The summed E-state index contributed by atoms with van der Waals surface area (Å²) in [5, 5.41) is 4.01. The van der Waals surface area contributed by atoms with E-state index in [1.54, 1.807) is 68.4 Å². The monoisotopic (exact) mass is 403 g/mol. The van der Waals surface area contributed by atoms with Crippen LogP contribution in [0.15, 0.2) is 54.7 Å². The van der Waals surface area contributed by atoms with Crippen LogP contribution in [0.3, 0.4) is 0 Å². The van der Waals surface area contributed by atoms with Crippen LogP contribution >= 0.6 is 0 Å². The number of rotatable bonds is 5. The first kappa shape index (κ1) is 20.4. The van der Waals surface area contributed by atoms with Gasteiger partial charge < -0.3 is 9.64 Å². The molecule has 0 spiro atoms. The van der Waals surface area contributed by atoms with Crippen LogP contribution in [0, 0.1) is 0 Å². The van der Waals surface area contributed by atoms with Crippen LogP contribution < -0.4 is 4.74 Å². The number of nitrogens with zero attached hydrogens (tertiary/aromatic N) is 3. The van der Waals surface area contributed by atoms with Gasteiger partial charge >= 0.3 is 6.18 Å². The van der Waals surface area contributed by atoms with Gasteiger partial charge in [0.1, 0.15) is 12.4 Å². The Hall–Kier alpha value is -3.29. The summed E-state index contributed by atoms with van der Waals surface area (Å²) in [4.78, 5) is 13.4. The SMILES string of the molecule is CN(C)C(=O)c1ccc(-c2cc(OCc3ccnn3C)cc(C(F)(F)F)c2)cc1. The number of hydrogen-bond donors (Lipinski definition) is 0. The zero-order valence-corrected chi connectivity index (χ0v) is 16.2.